The average molecular weight is 445 g/mol. The Morgan fingerprint density at radius 3 is 2.36 bits per heavy atom. The van der Waals surface area contributed by atoms with Gasteiger partial charge in [0.25, 0.3) is 5.97 Å². The summed E-state index contributed by atoms with van der Waals surface area (Å²) in [5.41, 5.74) is 0. The molecule has 0 spiro atoms. The minimum absolute atomic E-state index is 0.115. The SMILES string of the molecule is CCOC(=O)CN(C(=O)C(F)(F)F)C(Oc1ccccc1)P(=O)(O)OSCC. The Hall–Kier alpha value is -1.75. The van der Waals surface area contributed by atoms with E-state index in [4.69, 9.17) is 4.74 Å². The summed E-state index contributed by atoms with van der Waals surface area (Å²) in [5.74, 6) is -6.14. The van der Waals surface area contributed by atoms with Gasteiger partial charge in [-0.2, -0.15) is 13.2 Å². The first-order chi connectivity index (χ1) is 13.0. The van der Waals surface area contributed by atoms with Crippen LogP contribution in [0.4, 0.5) is 13.2 Å². The van der Waals surface area contributed by atoms with Gasteiger partial charge in [0.2, 0.25) is 0 Å². The van der Waals surface area contributed by atoms with E-state index in [1.165, 1.54) is 31.2 Å². The molecule has 1 aromatic rings. The normalized spacial score (nSPS) is 14.6. The van der Waals surface area contributed by atoms with Crippen molar-refractivity contribution in [2.75, 3.05) is 18.9 Å². The summed E-state index contributed by atoms with van der Waals surface area (Å²) in [6, 6.07) is 7.07. The second-order valence-electron chi connectivity index (χ2n) is 5.04. The van der Waals surface area contributed by atoms with Gasteiger partial charge in [-0.15, -0.1) is 0 Å². The third-order valence-corrected chi connectivity index (χ3v) is 5.37. The van der Waals surface area contributed by atoms with E-state index in [9.17, 15) is 32.2 Å². The molecule has 0 heterocycles. The molecule has 0 saturated heterocycles. The van der Waals surface area contributed by atoms with E-state index in [-0.39, 0.29) is 23.0 Å². The molecule has 0 saturated carbocycles. The largest absolute Gasteiger partial charge is 0.471 e. The van der Waals surface area contributed by atoms with Gasteiger partial charge >= 0.3 is 25.6 Å². The van der Waals surface area contributed by atoms with Gasteiger partial charge < -0.3 is 14.4 Å². The average Bonchev–Trinajstić information content (AvgIpc) is 2.62. The van der Waals surface area contributed by atoms with Crippen LogP contribution in [0, 0.1) is 0 Å². The highest BCUT2D eigenvalue weighted by atomic mass is 32.2. The predicted molar refractivity (Wildman–Crippen MR) is 94.3 cm³/mol. The highest BCUT2D eigenvalue weighted by molar-refractivity contribution is 7.98. The van der Waals surface area contributed by atoms with E-state index >= 15 is 0 Å². The maximum Gasteiger partial charge on any atom is 0.471 e. The molecule has 0 aliphatic heterocycles. The molecule has 8 nitrogen and oxygen atoms in total. The molecule has 1 amide bonds. The number of hydrogen-bond acceptors (Lipinski definition) is 7. The van der Waals surface area contributed by atoms with Crippen LogP contribution in [0.1, 0.15) is 13.8 Å². The summed E-state index contributed by atoms with van der Waals surface area (Å²) >= 11 is 0.491. The van der Waals surface area contributed by atoms with Crippen molar-refractivity contribution in [3.63, 3.8) is 0 Å². The number of carbonyl (C=O) groups is 2. The number of rotatable bonds is 10. The van der Waals surface area contributed by atoms with Gasteiger partial charge in [0, 0.05) is 17.8 Å². The monoisotopic (exact) mass is 445 g/mol. The number of para-hydroxylation sites is 1. The summed E-state index contributed by atoms with van der Waals surface area (Å²) < 4.78 is 66.2. The smallest absolute Gasteiger partial charge is 0.465 e. The van der Waals surface area contributed by atoms with E-state index < -0.39 is 38.2 Å². The lowest BCUT2D eigenvalue weighted by molar-refractivity contribution is -0.192. The van der Waals surface area contributed by atoms with Crippen LogP contribution in [-0.4, -0.2) is 52.7 Å². The first-order valence-electron chi connectivity index (χ1n) is 7.91. The minimum atomic E-state index is -5.44. The van der Waals surface area contributed by atoms with Crippen molar-refractivity contribution in [1.29, 1.82) is 0 Å². The lowest BCUT2D eigenvalue weighted by atomic mass is 10.3. The van der Waals surface area contributed by atoms with Crippen LogP contribution in [0.15, 0.2) is 30.3 Å². The van der Waals surface area contributed by atoms with Crippen molar-refractivity contribution >= 4 is 31.5 Å². The molecule has 1 aromatic carbocycles. The molecule has 0 bridgehead atoms. The third-order valence-electron chi connectivity index (χ3n) is 2.92. The van der Waals surface area contributed by atoms with Crippen LogP contribution in [0.25, 0.3) is 0 Å². The molecule has 28 heavy (non-hydrogen) atoms. The lowest BCUT2D eigenvalue weighted by Crippen LogP contribution is -2.51. The number of alkyl halides is 3. The van der Waals surface area contributed by atoms with Crippen molar-refractivity contribution in [3.05, 3.63) is 30.3 Å². The topological polar surface area (TPSA) is 102 Å². The second-order valence-corrected chi connectivity index (χ2v) is 8.02. The Labute approximate surface area is 163 Å². The Kier molecular flexibility index (Phi) is 9.28. The van der Waals surface area contributed by atoms with Gasteiger partial charge in [0.15, 0.2) is 0 Å². The highest BCUT2D eigenvalue weighted by Crippen LogP contribution is 2.53. The predicted octanol–water partition coefficient (Wildman–Crippen LogP) is 3.17. The van der Waals surface area contributed by atoms with E-state index in [1.54, 1.807) is 13.0 Å². The molecule has 0 aromatic heterocycles. The molecule has 13 heteroatoms. The van der Waals surface area contributed by atoms with E-state index in [1.807, 2.05) is 0 Å². The third kappa shape index (κ3) is 7.34. The quantitative estimate of drug-likeness (QED) is 0.254. The van der Waals surface area contributed by atoms with Gasteiger partial charge in [-0.25, -0.2) is 3.97 Å². The number of esters is 1. The number of ether oxygens (including phenoxy) is 2. The first kappa shape index (κ1) is 24.3. The van der Waals surface area contributed by atoms with E-state index in [2.05, 4.69) is 8.71 Å². The fourth-order valence-electron chi connectivity index (χ4n) is 1.85. The zero-order chi connectivity index (χ0) is 21.4. The van der Waals surface area contributed by atoms with Crippen LogP contribution < -0.4 is 4.74 Å². The molecule has 2 atom stereocenters. The van der Waals surface area contributed by atoms with E-state index in [0.717, 1.165) is 0 Å². The van der Waals surface area contributed by atoms with Gasteiger partial charge in [0.1, 0.15) is 12.3 Å². The Morgan fingerprint density at radius 2 is 1.86 bits per heavy atom. The van der Waals surface area contributed by atoms with Crippen molar-refractivity contribution in [2.24, 2.45) is 0 Å². The fourth-order valence-corrected chi connectivity index (χ4v) is 3.96. The van der Waals surface area contributed by atoms with Crippen molar-refractivity contribution < 1.29 is 45.7 Å². The number of halogens is 3. The van der Waals surface area contributed by atoms with Crippen LogP contribution in [-0.2, 0) is 22.9 Å². The Morgan fingerprint density at radius 1 is 1.25 bits per heavy atom. The highest BCUT2D eigenvalue weighted by Gasteiger charge is 2.52. The standard InChI is InChI=1S/C15H19F3NO7PS/c1-3-24-12(20)10-19(13(21)15(16,17)18)14(27(22,23)26-28-4-2)25-11-8-6-5-7-9-11/h5-9,14H,3-4,10H2,1-2H3,(H,22,23). The van der Waals surface area contributed by atoms with Gasteiger partial charge in [0.05, 0.1) is 6.61 Å². The van der Waals surface area contributed by atoms with Crippen LogP contribution in [0.5, 0.6) is 5.75 Å². The molecule has 0 aliphatic carbocycles. The zero-order valence-corrected chi connectivity index (χ0v) is 16.6. The zero-order valence-electron chi connectivity index (χ0n) is 14.9. The molecule has 158 valence electrons. The summed E-state index contributed by atoms with van der Waals surface area (Å²) in [7, 11) is -5.00. The molecule has 0 radical (unpaired) electrons. The van der Waals surface area contributed by atoms with Gasteiger partial charge in [-0.05, 0) is 19.1 Å². The summed E-state index contributed by atoms with van der Waals surface area (Å²) in [6.45, 7) is 1.53. The molecular weight excluding hydrogens is 426 g/mol. The molecule has 1 rings (SSSR count). The second kappa shape index (κ2) is 10.7. The first-order valence-corrected chi connectivity index (χ1v) is 10.5. The van der Waals surface area contributed by atoms with Crippen LogP contribution >= 0.6 is 19.6 Å². The maximum atomic E-state index is 13.1. The van der Waals surface area contributed by atoms with Crippen molar-refractivity contribution in [2.45, 2.75) is 26.0 Å². The van der Waals surface area contributed by atoms with Crippen LogP contribution in [0.2, 0.25) is 0 Å². The Bertz CT molecular complexity index is 705. The van der Waals surface area contributed by atoms with Crippen LogP contribution in [0.3, 0.4) is 0 Å². The molecule has 0 fully saturated rings. The fraction of sp³-hybridized carbons (Fsp3) is 0.467. The maximum absolute atomic E-state index is 13.1. The van der Waals surface area contributed by atoms with Gasteiger partial charge in [-0.3, -0.25) is 19.1 Å². The summed E-state index contributed by atoms with van der Waals surface area (Å²) in [5, 5.41) is 0. The minimum Gasteiger partial charge on any atom is -0.465 e. The lowest BCUT2D eigenvalue weighted by Gasteiger charge is -2.32. The number of benzene rings is 1. The number of amides is 1. The molecule has 0 aliphatic rings. The van der Waals surface area contributed by atoms with Crippen molar-refractivity contribution in [1.82, 2.24) is 4.90 Å². The number of carbonyl (C=O) groups excluding carboxylic acids is 2. The number of nitrogens with zero attached hydrogens (tertiary/aromatic N) is 1. The molecular formula is C15H19F3NO7PS. The van der Waals surface area contributed by atoms with E-state index in [0.29, 0.717) is 12.0 Å². The summed E-state index contributed by atoms with van der Waals surface area (Å²) in [4.78, 5) is 33.5. The number of hydrogen-bond donors (Lipinski definition) is 1. The summed E-state index contributed by atoms with van der Waals surface area (Å²) in [6.07, 6.45) is -5.44. The van der Waals surface area contributed by atoms with Gasteiger partial charge in [-0.1, -0.05) is 25.1 Å². The van der Waals surface area contributed by atoms with Crippen molar-refractivity contribution in [3.8, 4) is 5.75 Å². The Balaban J connectivity index is 3.35. The molecule has 2 unspecified atom stereocenters. The molecule has 1 N–H and O–H groups in total.